The van der Waals surface area contributed by atoms with Crippen LogP contribution in [-0.2, 0) is 12.6 Å². The minimum Gasteiger partial charge on any atom is -0.368 e. The SMILES string of the molecule is CCNC(=NCCCc1nc(C)no1)N1CCN(c2cccc(C(F)(F)F)c2)CC1.I. The van der Waals surface area contributed by atoms with E-state index in [0.717, 1.165) is 25.0 Å². The molecule has 2 aromatic rings. The summed E-state index contributed by atoms with van der Waals surface area (Å²) in [5.41, 5.74) is -0.0185. The maximum Gasteiger partial charge on any atom is 0.416 e. The molecule has 7 nitrogen and oxygen atoms in total. The number of aliphatic imine (C=N–C) groups is 1. The molecule has 0 saturated carbocycles. The minimum atomic E-state index is -4.33. The smallest absolute Gasteiger partial charge is 0.368 e. The number of nitrogens with zero attached hydrogens (tertiary/aromatic N) is 5. The highest BCUT2D eigenvalue weighted by molar-refractivity contribution is 14.0. The second-order valence-electron chi connectivity index (χ2n) is 7.10. The Morgan fingerprint density at radius 3 is 2.58 bits per heavy atom. The molecule has 3 rings (SSSR count). The van der Waals surface area contributed by atoms with Crippen molar-refractivity contribution in [2.75, 3.05) is 44.2 Å². The molecule has 0 unspecified atom stereocenters. The quantitative estimate of drug-likeness (QED) is 0.255. The van der Waals surface area contributed by atoms with Crippen LogP contribution in [0.4, 0.5) is 18.9 Å². The van der Waals surface area contributed by atoms with Gasteiger partial charge in [0.25, 0.3) is 0 Å². The number of hydrogen-bond acceptors (Lipinski definition) is 5. The molecule has 11 heteroatoms. The van der Waals surface area contributed by atoms with Gasteiger partial charge in [-0.1, -0.05) is 11.2 Å². The largest absolute Gasteiger partial charge is 0.416 e. The average molecular weight is 552 g/mol. The van der Waals surface area contributed by atoms with E-state index < -0.39 is 11.7 Å². The fourth-order valence-corrected chi connectivity index (χ4v) is 3.34. The van der Waals surface area contributed by atoms with Gasteiger partial charge in [-0.3, -0.25) is 4.99 Å². The van der Waals surface area contributed by atoms with Crippen molar-refractivity contribution >= 4 is 35.6 Å². The van der Waals surface area contributed by atoms with Crippen molar-refractivity contribution in [3.8, 4) is 0 Å². The van der Waals surface area contributed by atoms with Gasteiger partial charge in [-0.15, -0.1) is 24.0 Å². The van der Waals surface area contributed by atoms with E-state index in [4.69, 9.17) is 4.52 Å². The molecule has 0 amide bonds. The first-order valence-corrected chi connectivity index (χ1v) is 10.1. The molecule has 0 bridgehead atoms. The molecule has 1 N–H and O–H groups in total. The maximum atomic E-state index is 13.0. The lowest BCUT2D eigenvalue weighted by Gasteiger charge is -2.38. The van der Waals surface area contributed by atoms with Crippen LogP contribution in [0.2, 0.25) is 0 Å². The number of piperazine rings is 1. The van der Waals surface area contributed by atoms with Crippen LogP contribution in [0.3, 0.4) is 0 Å². The first-order chi connectivity index (χ1) is 14.4. The Kier molecular flexibility index (Phi) is 9.38. The number of nitrogens with one attached hydrogen (secondary N) is 1. The molecule has 0 atom stereocenters. The predicted octanol–water partition coefficient (Wildman–Crippen LogP) is 3.74. The van der Waals surface area contributed by atoms with E-state index in [1.54, 1.807) is 13.0 Å². The molecule has 1 aliphatic rings. The Labute approximate surface area is 197 Å². The molecule has 1 saturated heterocycles. The zero-order valence-electron chi connectivity index (χ0n) is 17.7. The van der Waals surface area contributed by atoms with E-state index in [-0.39, 0.29) is 24.0 Å². The number of hydrogen-bond donors (Lipinski definition) is 1. The molecular formula is C20H28F3IN6O. The zero-order chi connectivity index (χ0) is 21.6. The summed E-state index contributed by atoms with van der Waals surface area (Å²) >= 11 is 0. The summed E-state index contributed by atoms with van der Waals surface area (Å²) < 4.78 is 44.0. The van der Waals surface area contributed by atoms with Crippen molar-refractivity contribution in [2.45, 2.75) is 32.9 Å². The van der Waals surface area contributed by atoms with E-state index in [1.807, 2.05) is 11.8 Å². The molecule has 0 aliphatic carbocycles. The molecule has 0 radical (unpaired) electrons. The highest BCUT2D eigenvalue weighted by atomic mass is 127. The van der Waals surface area contributed by atoms with Gasteiger partial charge in [0.05, 0.1) is 5.56 Å². The number of halogens is 4. The van der Waals surface area contributed by atoms with Crippen molar-refractivity contribution < 1.29 is 17.7 Å². The fraction of sp³-hybridized carbons (Fsp3) is 0.550. The Bertz CT molecular complexity index is 849. The summed E-state index contributed by atoms with van der Waals surface area (Å²) in [5.74, 6) is 2.06. The third-order valence-corrected chi connectivity index (χ3v) is 4.83. The predicted molar refractivity (Wildman–Crippen MR) is 124 cm³/mol. The van der Waals surface area contributed by atoms with Crippen molar-refractivity contribution in [1.29, 1.82) is 0 Å². The third kappa shape index (κ3) is 7.25. The molecule has 0 spiro atoms. The molecule has 2 heterocycles. The number of aryl methyl sites for hydroxylation is 2. The van der Waals surface area contributed by atoms with Gasteiger partial charge in [0.15, 0.2) is 11.8 Å². The summed E-state index contributed by atoms with van der Waals surface area (Å²) in [7, 11) is 0. The highest BCUT2D eigenvalue weighted by Crippen LogP contribution is 2.31. The van der Waals surface area contributed by atoms with Gasteiger partial charge in [0.2, 0.25) is 5.89 Å². The molecule has 172 valence electrons. The topological polar surface area (TPSA) is 69.8 Å². The number of aromatic nitrogens is 2. The monoisotopic (exact) mass is 552 g/mol. The van der Waals surface area contributed by atoms with Gasteiger partial charge in [0.1, 0.15) is 0 Å². The lowest BCUT2D eigenvalue weighted by Crippen LogP contribution is -2.52. The first kappa shape index (κ1) is 25.2. The van der Waals surface area contributed by atoms with Crippen LogP contribution < -0.4 is 10.2 Å². The normalized spacial score (nSPS) is 15.1. The standard InChI is InChI=1S/C20H27F3N6O.HI/c1-3-24-19(25-9-5-8-18-26-15(2)27-30-18)29-12-10-28(11-13-29)17-7-4-6-16(14-17)20(21,22)23;/h4,6-7,14H,3,5,8-13H2,1-2H3,(H,24,25);1H. The molecule has 1 aliphatic heterocycles. The third-order valence-electron chi connectivity index (χ3n) is 4.83. The lowest BCUT2D eigenvalue weighted by molar-refractivity contribution is -0.137. The van der Waals surface area contributed by atoms with Crippen LogP contribution in [0, 0.1) is 6.92 Å². The van der Waals surface area contributed by atoms with Crippen LogP contribution >= 0.6 is 24.0 Å². The maximum absolute atomic E-state index is 13.0. The van der Waals surface area contributed by atoms with Crippen LogP contribution in [0.5, 0.6) is 0 Å². The summed E-state index contributed by atoms with van der Waals surface area (Å²) in [6, 6.07) is 5.50. The van der Waals surface area contributed by atoms with Gasteiger partial charge in [-0.2, -0.15) is 18.2 Å². The van der Waals surface area contributed by atoms with Crippen molar-refractivity contribution in [2.24, 2.45) is 4.99 Å². The Balaban J connectivity index is 0.00000341. The average Bonchev–Trinajstić information content (AvgIpc) is 3.15. The second-order valence-corrected chi connectivity index (χ2v) is 7.10. The molecule has 1 aromatic heterocycles. The van der Waals surface area contributed by atoms with E-state index in [0.29, 0.717) is 56.5 Å². The summed E-state index contributed by atoms with van der Waals surface area (Å²) in [5, 5.41) is 7.07. The lowest BCUT2D eigenvalue weighted by atomic mass is 10.1. The Hall–Kier alpha value is -2.05. The first-order valence-electron chi connectivity index (χ1n) is 10.1. The zero-order valence-corrected chi connectivity index (χ0v) is 20.0. The Morgan fingerprint density at radius 1 is 1.23 bits per heavy atom. The van der Waals surface area contributed by atoms with E-state index in [1.165, 1.54) is 12.1 Å². The van der Waals surface area contributed by atoms with Crippen molar-refractivity contribution in [1.82, 2.24) is 20.4 Å². The van der Waals surface area contributed by atoms with Gasteiger partial charge >= 0.3 is 6.18 Å². The number of rotatable bonds is 6. The summed E-state index contributed by atoms with van der Waals surface area (Å²) in [6.07, 6.45) is -2.86. The van der Waals surface area contributed by atoms with Crippen LogP contribution in [0.15, 0.2) is 33.8 Å². The Morgan fingerprint density at radius 2 is 1.97 bits per heavy atom. The van der Waals surface area contributed by atoms with Gasteiger partial charge in [-0.25, -0.2) is 0 Å². The second kappa shape index (κ2) is 11.5. The molecule has 1 fully saturated rings. The van der Waals surface area contributed by atoms with E-state index in [9.17, 15) is 13.2 Å². The molecule has 1 aromatic carbocycles. The summed E-state index contributed by atoms with van der Waals surface area (Å²) in [6.45, 7) is 7.80. The number of alkyl halides is 3. The van der Waals surface area contributed by atoms with Crippen LogP contribution in [-0.4, -0.2) is 60.3 Å². The summed E-state index contributed by atoms with van der Waals surface area (Å²) in [4.78, 5) is 13.0. The van der Waals surface area contributed by atoms with Gasteiger partial charge < -0.3 is 19.6 Å². The van der Waals surface area contributed by atoms with Crippen molar-refractivity contribution in [3.05, 3.63) is 41.5 Å². The van der Waals surface area contributed by atoms with E-state index >= 15 is 0 Å². The van der Waals surface area contributed by atoms with Crippen molar-refractivity contribution in [3.63, 3.8) is 0 Å². The van der Waals surface area contributed by atoms with Crippen LogP contribution in [0.1, 0.15) is 30.6 Å². The number of benzene rings is 1. The molecular weight excluding hydrogens is 524 g/mol. The minimum absolute atomic E-state index is 0. The fourth-order valence-electron chi connectivity index (χ4n) is 3.34. The number of guanidine groups is 1. The van der Waals surface area contributed by atoms with Gasteiger partial charge in [-0.05, 0) is 38.5 Å². The molecule has 31 heavy (non-hydrogen) atoms. The van der Waals surface area contributed by atoms with Gasteiger partial charge in [0, 0.05) is 51.4 Å². The van der Waals surface area contributed by atoms with Crippen LogP contribution in [0.25, 0.3) is 0 Å². The highest BCUT2D eigenvalue weighted by Gasteiger charge is 2.31. The number of anilines is 1. The van der Waals surface area contributed by atoms with E-state index in [2.05, 4.69) is 25.3 Å².